The van der Waals surface area contributed by atoms with Gasteiger partial charge in [0.2, 0.25) is 5.88 Å². The number of hydrogen-bond donors (Lipinski definition) is 1. The van der Waals surface area contributed by atoms with Gasteiger partial charge in [-0.3, -0.25) is 0 Å². The van der Waals surface area contributed by atoms with Crippen LogP contribution < -0.4 is 5.73 Å². The molecule has 24 heavy (non-hydrogen) atoms. The zero-order valence-electron chi connectivity index (χ0n) is 13.0. The van der Waals surface area contributed by atoms with Crippen LogP contribution in [0, 0.1) is 11.3 Å². The van der Waals surface area contributed by atoms with Crippen LogP contribution in [0.5, 0.6) is 0 Å². The van der Waals surface area contributed by atoms with E-state index < -0.39 is 0 Å². The van der Waals surface area contributed by atoms with E-state index in [0.717, 1.165) is 47.3 Å². The molecule has 2 aliphatic rings. The largest absolute Gasteiger partial charge is 0.472 e. The third kappa shape index (κ3) is 2.33. The topological polar surface area (TPSA) is 85.3 Å². The minimum Gasteiger partial charge on any atom is -0.472 e. The molecule has 0 saturated heterocycles. The summed E-state index contributed by atoms with van der Waals surface area (Å²) in [6, 6.07) is 5.98. The van der Waals surface area contributed by atoms with Gasteiger partial charge in [-0.15, -0.1) is 0 Å². The van der Waals surface area contributed by atoms with E-state index in [1.165, 1.54) is 0 Å². The Hall–Kier alpha value is -3.13. The summed E-state index contributed by atoms with van der Waals surface area (Å²) in [5, 5.41) is 9.55. The molecule has 5 nitrogen and oxygen atoms in total. The van der Waals surface area contributed by atoms with Crippen molar-refractivity contribution in [2.45, 2.75) is 25.2 Å². The summed E-state index contributed by atoms with van der Waals surface area (Å²) in [4.78, 5) is 0. The lowest BCUT2D eigenvalue weighted by Crippen LogP contribution is -2.23. The van der Waals surface area contributed by atoms with Crippen LogP contribution in [0.3, 0.4) is 0 Å². The van der Waals surface area contributed by atoms with Crippen molar-refractivity contribution in [3.8, 4) is 6.07 Å². The van der Waals surface area contributed by atoms with Crippen LogP contribution in [0.1, 0.15) is 36.3 Å². The Morgan fingerprint density at radius 3 is 2.71 bits per heavy atom. The normalized spacial score (nSPS) is 22.3. The van der Waals surface area contributed by atoms with Gasteiger partial charge in [-0.25, -0.2) is 0 Å². The van der Waals surface area contributed by atoms with E-state index in [-0.39, 0.29) is 11.8 Å². The van der Waals surface area contributed by atoms with E-state index in [9.17, 15) is 5.26 Å². The van der Waals surface area contributed by atoms with E-state index in [1.807, 2.05) is 12.1 Å². The first kappa shape index (κ1) is 14.5. The van der Waals surface area contributed by atoms with Gasteiger partial charge in [-0.05, 0) is 48.6 Å². The number of allylic oxidation sites excluding steroid dienone is 3. The van der Waals surface area contributed by atoms with Crippen molar-refractivity contribution in [2.24, 2.45) is 5.73 Å². The molecule has 120 valence electrons. The molecule has 2 N–H and O–H groups in total. The van der Waals surface area contributed by atoms with Gasteiger partial charge >= 0.3 is 0 Å². The van der Waals surface area contributed by atoms with E-state index in [4.69, 9.17) is 19.3 Å². The molecule has 0 saturated carbocycles. The van der Waals surface area contributed by atoms with Gasteiger partial charge in [0, 0.05) is 11.1 Å². The van der Waals surface area contributed by atoms with Gasteiger partial charge in [-0.1, -0.05) is 0 Å². The smallest absolute Gasteiger partial charge is 0.205 e. The van der Waals surface area contributed by atoms with Crippen molar-refractivity contribution in [1.82, 2.24) is 0 Å². The number of furan rings is 2. The van der Waals surface area contributed by atoms with E-state index in [1.54, 1.807) is 25.1 Å². The highest BCUT2D eigenvalue weighted by molar-refractivity contribution is 5.61. The predicted molar refractivity (Wildman–Crippen MR) is 86.9 cm³/mol. The molecule has 1 aliphatic heterocycles. The minimum absolute atomic E-state index is 0.169. The Balaban J connectivity index is 1.84. The zero-order chi connectivity index (χ0) is 16.5. The van der Waals surface area contributed by atoms with Gasteiger partial charge in [-0.2, -0.15) is 5.26 Å². The Labute approximate surface area is 139 Å². The van der Waals surface area contributed by atoms with Gasteiger partial charge < -0.3 is 19.3 Å². The summed E-state index contributed by atoms with van der Waals surface area (Å²) in [7, 11) is 0. The second kappa shape index (κ2) is 5.82. The summed E-state index contributed by atoms with van der Waals surface area (Å²) in [5.41, 5.74) is 10.6. The molecule has 0 radical (unpaired) electrons. The minimum atomic E-state index is -0.203. The van der Waals surface area contributed by atoms with Crippen LogP contribution >= 0.6 is 0 Å². The first-order chi connectivity index (χ1) is 11.8. The standard InChI is InChI=1S/C19H16N2O3/c20-9-16-17(14-5-7-23-11-14)15-3-1-2-13(18(15)24-19(16)21)8-12-4-6-22-10-12/h4-8,10-11,17H,1-3,21H2/b13-8-/t17-/m1/s1. The van der Waals surface area contributed by atoms with Crippen LogP contribution in [0.2, 0.25) is 0 Å². The molecule has 5 heteroatoms. The van der Waals surface area contributed by atoms with Crippen LogP contribution in [-0.4, -0.2) is 0 Å². The SMILES string of the molecule is N#CC1=C(N)OC2=C(CCC/C2=C/c2ccoc2)[C@H]1c1ccoc1. The number of rotatable bonds is 2. The summed E-state index contributed by atoms with van der Waals surface area (Å²) in [5.74, 6) is 0.748. The summed E-state index contributed by atoms with van der Waals surface area (Å²) in [6.07, 6.45) is 11.4. The monoisotopic (exact) mass is 320 g/mol. The molecule has 0 aromatic carbocycles. The Morgan fingerprint density at radius 1 is 1.17 bits per heavy atom. The lowest BCUT2D eigenvalue weighted by atomic mass is 9.77. The average molecular weight is 320 g/mol. The summed E-state index contributed by atoms with van der Waals surface area (Å²) < 4.78 is 16.2. The van der Waals surface area contributed by atoms with Crippen LogP contribution in [-0.2, 0) is 4.74 Å². The van der Waals surface area contributed by atoms with Gasteiger partial charge in [0.15, 0.2) is 0 Å². The van der Waals surface area contributed by atoms with Crippen LogP contribution in [0.4, 0.5) is 0 Å². The van der Waals surface area contributed by atoms with E-state index in [2.05, 4.69) is 12.1 Å². The lowest BCUT2D eigenvalue weighted by molar-refractivity contribution is 0.277. The van der Waals surface area contributed by atoms with Crippen molar-refractivity contribution in [3.63, 3.8) is 0 Å². The third-order valence-electron chi connectivity index (χ3n) is 4.47. The number of ether oxygens (including phenoxy) is 1. The second-order valence-electron chi connectivity index (χ2n) is 5.92. The lowest BCUT2D eigenvalue weighted by Gasteiger charge is -2.32. The fourth-order valence-corrected chi connectivity index (χ4v) is 3.41. The predicted octanol–water partition coefficient (Wildman–Crippen LogP) is 4.20. The molecule has 1 atom stereocenters. The quantitative estimate of drug-likeness (QED) is 0.896. The molecular weight excluding hydrogens is 304 g/mol. The molecule has 2 aromatic rings. The van der Waals surface area contributed by atoms with Gasteiger partial charge in [0.05, 0.1) is 31.0 Å². The van der Waals surface area contributed by atoms with Gasteiger partial charge in [0.25, 0.3) is 0 Å². The number of nitriles is 1. The molecule has 0 unspecified atom stereocenters. The highest BCUT2D eigenvalue weighted by Crippen LogP contribution is 2.46. The van der Waals surface area contributed by atoms with Crippen molar-refractivity contribution in [2.75, 3.05) is 0 Å². The van der Waals surface area contributed by atoms with Crippen LogP contribution in [0.15, 0.2) is 74.4 Å². The maximum Gasteiger partial charge on any atom is 0.205 e. The van der Waals surface area contributed by atoms with Gasteiger partial charge in [0.1, 0.15) is 17.4 Å². The Morgan fingerprint density at radius 2 is 2.00 bits per heavy atom. The number of nitrogens with two attached hydrogens (primary N) is 1. The molecule has 0 bridgehead atoms. The Bertz CT molecular complexity index is 878. The van der Waals surface area contributed by atoms with Crippen molar-refractivity contribution in [3.05, 3.63) is 76.7 Å². The zero-order valence-corrected chi connectivity index (χ0v) is 13.0. The highest BCUT2D eigenvalue weighted by Gasteiger charge is 2.35. The van der Waals surface area contributed by atoms with Crippen LogP contribution in [0.25, 0.3) is 6.08 Å². The molecule has 4 rings (SSSR count). The fraction of sp³-hybridized carbons (Fsp3) is 0.211. The highest BCUT2D eigenvalue weighted by atomic mass is 16.5. The number of hydrogen-bond acceptors (Lipinski definition) is 5. The fourth-order valence-electron chi connectivity index (χ4n) is 3.41. The molecular formula is C19H16N2O3. The average Bonchev–Trinajstić information content (AvgIpc) is 3.28. The third-order valence-corrected chi connectivity index (χ3v) is 4.47. The van der Waals surface area contributed by atoms with Crippen molar-refractivity contribution in [1.29, 1.82) is 5.26 Å². The number of nitrogens with zero attached hydrogens (tertiary/aromatic N) is 1. The molecule has 3 heterocycles. The first-order valence-corrected chi connectivity index (χ1v) is 7.84. The molecule has 1 aliphatic carbocycles. The Kier molecular flexibility index (Phi) is 3.51. The molecule has 0 amide bonds. The summed E-state index contributed by atoms with van der Waals surface area (Å²) >= 11 is 0. The van der Waals surface area contributed by atoms with E-state index >= 15 is 0 Å². The molecule has 0 fully saturated rings. The first-order valence-electron chi connectivity index (χ1n) is 7.84. The maximum atomic E-state index is 9.55. The van der Waals surface area contributed by atoms with Crippen molar-refractivity contribution >= 4 is 6.08 Å². The molecule has 2 aromatic heterocycles. The summed E-state index contributed by atoms with van der Waals surface area (Å²) in [6.45, 7) is 0. The maximum absolute atomic E-state index is 9.55. The molecule has 0 spiro atoms. The second-order valence-corrected chi connectivity index (χ2v) is 5.92. The van der Waals surface area contributed by atoms with E-state index in [0.29, 0.717) is 5.57 Å². The van der Waals surface area contributed by atoms with Crippen molar-refractivity contribution < 1.29 is 13.6 Å².